The lowest BCUT2D eigenvalue weighted by Crippen LogP contribution is -2.16. The van der Waals surface area contributed by atoms with Crippen LogP contribution < -0.4 is 5.32 Å². The van der Waals surface area contributed by atoms with E-state index in [1.807, 2.05) is 23.9 Å². The van der Waals surface area contributed by atoms with E-state index in [4.69, 9.17) is 0 Å². The zero-order valence-corrected chi connectivity index (χ0v) is 11.0. The zero-order chi connectivity index (χ0) is 13.7. The van der Waals surface area contributed by atoms with E-state index in [2.05, 4.69) is 20.1 Å². The molecule has 1 N–H and O–H groups in total. The SMILES string of the molecule is COC(=O)c1ccc(CNCc2ccnn2C)nc1. The number of carbonyl (C=O) groups is 1. The van der Waals surface area contributed by atoms with Crippen molar-refractivity contribution in [3.63, 3.8) is 0 Å². The molecule has 19 heavy (non-hydrogen) atoms. The van der Waals surface area contributed by atoms with Crippen LogP contribution in [0.5, 0.6) is 0 Å². The van der Waals surface area contributed by atoms with Crippen LogP contribution in [0.4, 0.5) is 0 Å². The molecule has 6 heteroatoms. The third-order valence-electron chi connectivity index (χ3n) is 2.78. The summed E-state index contributed by atoms with van der Waals surface area (Å²) in [5.41, 5.74) is 2.43. The molecule has 2 aromatic heterocycles. The van der Waals surface area contributed by atoms with E-state index in [1.54, 1.807) is 12.3 Å². The maximum atomic E-state index is 11.2. The van der Waals surface area contributed by atoms with Gasteiger partial charge >= 0.3 is 5.97 Å². The van der Waals surface area contributed by atoms with Crippen LogP contribution in [0.2, 0.25) is 0 Å². The van der Waals surface area contributed by atoms with Gasteiger partial charge in [0.1, 0.15) is 0 Å². The predicted octanol–water partition coefficient (Wildman–Crippen LogP) is 0.891. The lowest BCUT2D eigenvalue weighted by molar-refractivity contribution is 0.0600. The van der Waals surface area contributed by atoms with Crippen molar-refractivity contribution >= 4 is 5.97 Å². The minimum Gasteiger partial charge on any atom is -0.465 e. The number of ether oxygens (including phenoxy) is 1. The van der Waals surface area contributed by atoms with Crippen LogP contribution in [0, 0.1) is 0 Å². The van der Waals surface area contributed by atoms with Crippen molar-refractivity contribution in [2.75, 3.05) is 7.11 Å². The number of nitrogens with zero attached hydrogens (tertiary/aromatic N) is 3. The fraction of sp³-hybridized carbons (Fsp3) is 0.308. The Balaban J connectivity index is 1.86. The third-order valence-corrected chi connectivity index (χ3v) is 2.78. The van der Waals surface area contributed by atoms with Gasteiger partial charge in [0.2, 0.25) is 0 Å². The predicted molar refractivity (Wildman–Crippen MR) is 69.3 cm³/mol. The van der Waals surface area contributed by atoms with Gasteiger partial charge < -0.3 is 10.1 Å². The molecule has 0 unspecified atom stereocenters. The van der Waals surface area contributed by atoms with Crippen molar-refractivity contribution in [2.24, 2.45) is 7.05 Å². The molecule has 0 amide bonds. The van der Waals surface area contributed by atoms with Gasteiger partial charge in [0.15, 0.2) is 0 Å². The first kappa shape index (κ1) is 13.2. The zero-order valence-electron chi connectivity index (χ0n) is 11.0. The minimum absolute atomic E-state index is 0.373. The highest BCUT2D eigenvalue weighted by atomic mass is 16.5. The largest absolute Gasteiger partial charge is 0.465 e. The van der Waals surface area contributed by atoms with Crippen LogP contribution in [-0.4, -0.2) is 27.8 Å². The Kier molecular flexibility index (Phi) is 4.25. The Bertz CT molecular complexity index is 548. The summed E-state index contributed by atoms with van der Waals surface area (Å²) in [6, 6.07) is 5.48. The molecule has 0 radical (unpaired) electrons. The molecular formula is C13H16N4O2. The topological polar surface area (TPSA) is 69.0 Å². The van der Waals surface area contributed by atoms with Crippen LogP contribution in [-0.2, 0) is 24.9 Å². The highest BCUT2D eigenvalue weighted by molar-refractivity contribution is 5.88. The average Bonchev–Trinajstić information content (AvgIpc) is 2.84. The first-order chi connectivity index (χ1) is 9.20. The van der Waals surface area contributed by atoms with Crippen LogP contribution in [0.15, 0.2) is 30.6 Å². The molecule has 0 atom stereocenters. The number of esters is 1. The molecule has 0 saturated heterocycles. The number of hydrogen-bond donors (Lipinski definition) is 1. The summed E-state index contributed by atoms with van der Waals surface area (Å²) in [6.07, 6.45) is 3.29. The number of rotatable bonds is 5. The molecule has 0 aliphatic rings. The van der Waals surface area contributed by atoms with Gasteiger partial charge in [0.05, 0.1) is 24.1 Å². The summed E-state index contributed by atoms with van der Waals surface area (Å²) in [5.74, 6) is -0.373. The molecule has 2 rings (SSSR count). The summed E-state index contributed by atoms with van der Waals surface area (Å²) in [4.78, 5) is 15.4. The molecule has 0 saturated carbocycles. The summed E-state index contributed by atoms with van der Waals surface area (Å²) >= 11 is 0. The monoisotopic (exact) mass is 260 g/mol. The van der Waals surface area contributed by atoms with Crippen LogP contribution >= 0.6 is 0 Å². The second-order valence-corrected chi connectivity index (χ2v) is 4.08. The Morgan fingerprint density at radius 2 is 2.21 bits per heavy atom. The molecular weight excluding hydrogens is 244 g/mol. The number of aryl methyl sites for hydroxylation is 1. The second-order valence-electron chi connectivity index (χ2n) is 4.08. The number of aromatic nitrogens is 3. The molecule has 0 aliphatic heterocycles. The normalized spacial score (nSPS) is 10.4. The van der Waals surface area contributed by atoms with E-state index in [9.17, 15) is 4.79 Å². The van der Waals surface area contributed by atoms with E-state index in [0.29, 0.717) is 12.1 Å². The van der Waals surface area contributed by atoms with Gasteiger partial charge in [0, 0.05) is 32.5 Å². The van der Waals surface area contributed by atoms with Crippen molar-refractivity contribution in [1.82, 2.24) is 20.1 Å². The Morgan fingerprint density at radius 1 is 1.37 bits per heavy atom. The third kappa shape index (κ3) is 3.38. The lowest BCUT2D eigenvalue weighted by atomic mass is 10.2. The van der Waals surface area contributed by atoms with E-state index in [-0.39, 0.29) is 5.97 Å². The molecule has 0 aliphatic carbocycles. The van der Waals surface area contributed by atoms with Crippen LogP contribution in [0.25, 0.3) is 0 Å². The van der Waals surface area contributed by atoms with E-state index in [0.717, 1.165) is 17.9 Å². The molecule has 0 bridgehead atoms. The number of nitrogens with one attached hydrogen (secondary N) is 1. The Morgan fingerprint density at radius 3 is 2.79 bits per heavy atom. The number of hydrogen-bond acceptors (Lipinski definition) is 5. The van der Waals surface area contributed by atoms with Gasteiger partial charge in [-0.3, -0.25) is 9.67 Å². The van der Waals surface area contributed by atoms with Crippen molar-refractivity contribution in [3.05, 3.63) is 47.5 Å². The fourth-order valence-corrected chi connectivity index (χ4v) is 1.66. The standard InChI is InChI=1S/C13H16N4O2/c1-17-12(5-6-16-17)9-14-8-11-4-3-10(7-15-11)13(18)19-2/h3-7,14H,8-9H2,1-2H3. The summed E-state index contributed by atoms with van der Waals surface area (Å²) < 4.78 is 6.44. The van der Waals surface area contributed by atoms with E-state index < -0.39 is 0 Å². The van der Waals surface area contributed by atoms with Crippen molar-refractivity contribution in [3.8, 4) is 0 Å². The first-order valence-corrected chi connectivity index (χ1v) is 5.91. The quantitative estimate of drug-likeness (QED) is 0.809. The summed E-state index contributed by atoms with van der Waals surface area (Å²) in [6.45, 7) is 1.35. The lowest BCUT2D eigenvalue weighted by Gasteiger charge is -2.05. The van der Waals surface area contributed by atoms with Crippen molar-refractivity contribution < 1.29 is 9.53 Å². The van der Waals surface area contributed by atoms with Gasteiger partial charge in [-0.2, -0.15) is 5.10 Å². The fourth-order valence-electron chi connectivity index (χ4n) is 1.66. The molecule has 2 heterocycles. The van der Waals surface area contributed by atoms with Gasteiger partial charge in [-0.25, -0.2) is 4.79 Å². The van der Waals surface area contributed by atoms with E-state index in [1.165, 1.54) is 13.3 Å². The molecule has 6 nitrogen and oxygen atoms in total. The second kappa shape index (κ2) is 6.10. The summed E-state index contributed by atoms with van der Waals surface area (Å²) in [5, 5.41) is 7.36. The van der Waals surface area contributed by atoms with Gasteiger partial charge in [-0.1, -0.05) is 0 Å². The Hall–Kier alpha value is -2.21. The Labute approximate surface area is 111 Å². The maximum absolute atomic E-state index is 11.2. The van der Waals surface area contributed by atoms with Crippen molar-refractivity contribution in [1.29, 1.82) is 0 Å². The molecule has 100 valence electrons. The van der Waals surface area contributed by atoms with Crippen LogP contribution in [0.3, 0.4) is 0 Å². The maximum Gasteiger partial charge on any atom is 0.339 e. The van der Waals surface area contributed by atoms with Crippen LogP contribution in [0.1, 0.15) is 21.7 Å². The minimum atomic E-state index is -0.373. The average molecular weight is 260 g/mol. The van der Waals surface area contributed by atoms with Gasteiger partial charge in [0.25, 0.3) is 0 Å². The number of carbonyl (C=O) groups excluding carboxylic acids is 1. The van der Waals surface area contributed by atoms with Gasteiger partial charge in [-0.15, -0.1) is 0 Å². The van der Waals surface area contributed by atoms with E-state index >= 15 is 0 Å². The molecule has 0 fully saturated rings. The smallest absolute Gasteiger partial charge is 0.339 e. The molecule has 2 aromatic rings. The van der Waals surface area contributed by atoms with Crippen molar-refractivity contribution in [2.45, 2.75) is 13.1 Å². The highest BCUT2D eigenvalue weighted by Gasteiger charge is 2.05. The molecule has 0 aromatic carbocycles. The van der Waals surface area contributed by atoms with Gasteiger partial charge in [-0.05, 0) is 18.2 Å². The first-order valence-electron chi connectivity index (χ1n) is 5.91. The summed E-state index contributed by atoms with van der Waals surface area (Å²) in [7, 11) is 3.26. The molecule has 0 spiro atoms. The number of methoxy groups -OCH3 is 1. The number of pyridine rings is 1. The highest BCUT2D eigenvalue weighted by Crippen LogP contribution is 2.02.